The number of benzene rings is 1. The number of aliphatic hydroxyl groups excluding tert-OH is 1. The Morgan fingerprint density at radius 3 is 2.29 bits per heavy atom. The van der Waals surface area contributed by atoms with Crippen LogP contribution in [0.25, 0.3) is 0 Å². The van der Waals surface area contributed by atoms with Crippen LogP contribution < -0.4 is 5.32 Å². The molecule has 1 aromatic carbocycles. The van der Waals surface area contributed by atoms with E-state index < -0.39 is 34.5 Å². The number of amides is 1. The van der Waals surface area contributed by atoms with Crippen LogP contribution in [0.3, 0.4) is 0 Å². The van der Waals surface area contributed by atoms with Crippen molar-refractivity contribution in [1.82, 2.24) is 5.32 Å². The zero-order valence-electron chi connectivity index (χ0n) is 9.35. The number of hydrogen-bond donors (Lipinski definition) is 2. The second-order valence-corrected chi connectivity index (χ2v) is 4.24. The third kappa shape index (κ3) is 3.20. The zero-order chi connectivity index (χ0) is 13.2. The van der Waals surface area contributed by atoms with Gasteiger partial charge in [-0.1, -0.05) is 0 Å². The molecule has 0 saturated carbocycles. The molecule has 0 aromatic heterocycles. The average molecular weight is 247 g/mol. The van der Waals surface area contributed by atoms with Crippen LogP contribution in [0.5, 0.6) is 0 Å². The number of hydrogen-bond acceptors (Lipinski definition) is 2. The maximum atomic E-state index is 13.2. The van der Waals surface area contributed by atoms with Crippen molar-refractivity contribution >= 4 is 5.91 Å². The first-order valence-corrected chi connectivity index (χ1v) is 4.85. The monoisotopic (exact) mass is 247 g/mol. The highest BCUT2D eigenvalue weighted by molar-refractivity contribution is 5.94. The maximum absolute atomic E-state index is 13.2. The van der Waals surface area contributed by atoms with Crippen LogP contribution in [0.2, 0.25) is 0 Å². The fraction of sp³-hybridized carbons (Fsp3) is 0.364. The fourth-order valence-electron chi connectivity index (χ4n) is 1.11. The van der Waals surface area contributed by atoms with Crippen LogP contribution in [-0.2, 0) is 0 Å². The lowest BCUT2D eigenvalue weighted by atomic mass is 10.1. The van der Waals surface area contributed by atoms with Gasteiger partial charge in [0.1, 0.15) is 5.82 Å². The van der Waals surface area contributed by atoms with Crippen molar-refractivity contribution in [3.05, 3.63) is 35.1 Å². The number of carbonyl (C=O) groups is 1. The minimum atomic E-state index is -1.36. The lowest BCUT2D eigenvalue weighted by molar-refractivity contribution is 0.0864. The van der Waals surface area contributed by atoms with Gasteiger partial charge in [0.05, 0.1) is 17.7 Å². The Kier molecular flexibility index (Phi) is 3.77. The Morgan fingerprint density at radius 1 is 1.24 bits per heavy atom. The summed E-state index contributed by atoms with van der Waals surface area (Å²) in [6.45, 7) is 2.63. The van der Waals surface area contributed by atoms with E-state index in [-0.39, 0.29) is 6.61 Å². The van der Waals surface area contributed by atoms with Gasteiger partial charge in [-0.15, -0.1) is 0 Å². The highest BCUT2D eigenvalue weighted by Crippen LogP contribution is 2.14. The first-order chi connectivity index (χ1) is 7.76. The van der Waals surface area contributed by atoms with Crippen molar-refractivity contribution in [1.29, 1.82) is 0 Å². The second-order valence-electron chi connectivity index (χ2n) is 4.24. The van der Waals surface area contributed by atoms with Gasteiger partial charge in [-0.3, -0.25) is 4.79 Å². The summed E-state index contributed by atoms with van der Waals surface area (Å²) in [5.41, 5.74) is -1.58. The van der Waals surface area contributed by atoms with Crippen LogP contribution in [-0.4, -0.2) is 23.2 Å². The fourth-order valence-corrected chi connectivity index (χ4v) is 1.11. The SMILES string of the molecule is CC(C)(CO)NC(=O)c1cc(F)c(F)cc1F. The van der Waals surface area contributed by atoms with E-state index in [0.717, 1.165) is 0 Å². The number of halogens is 3. The Bertz CT molecular complexity index is 447. The predicted octanol–water partition coefficient (Wildman–Crippen LogP) is 1.60. The molecule has 3 nitrogen and oxygen atoms in total. The molecule has 0 atom stereocenters. The van der Waals surface area contributed by atoms with Gasteiger partial charge in [-0.05, 0) is 19.9 Å². The third-order valence-electron chi connectivity index (χ3n) is 2.10. The molecule has 0 aliphatic carbocycles. The molecule has 6 heteroatoms. The van der Waals surface area contributed by atoms with E-state index in [1.807, 2.05) is 0 Å². The predicted molar refractivity (Wildman–Crippen MR) is 54.9 cm³/mol. The topological polar surface area (TPSA) is 49.3 Å². The molecule has 1 amide bonds. The van der Waals surface area contributed by atoms with E-state index in [2.05, 4.69) is 5.32 Å². The molecule has 17 heavy (non-hydrogen) atoms. The van der Waals surface area contributed by atoms with Crippen molar-refractivity contribution in [3.63, 3.8) is 0 Å². The van der Waals surface area contributed by atoms with Gasteiger partial charge in [0, 0.05) is 6.07 Å². The molecular formula is C11H12F3NO2. The number of carbonyl (C=O) groups excluding carboxylic acids is 1. The summed E-state index contributed by atoms with van der Waals surface area (Å²) in [7, 11) is 0. The summed E-state index contributed by atoms with van der Waals surface area (Å²) in [4.78, 5) is 11.6. The van der Waals surface area contributed by atoms with Gasteiger partial charge in [-0.25, -0.2) is 13.2 Å². The van der Waals surface area contributed by atoms with Crippen molar-refractivity contribution in [3.8, 4) is 0 Å². The molecule has 0 heterocycles. The van der Waals surface area contributed by atoms with E-state index in [9.17, 15) is 18.0 Å². The summed E-state index contributed by atoms with van der Waals surface area (Å²) in [5, 5.41) is 11.2. The largest absolute Gasteiger partial charge is 0.394 e. The first-order valence-electron chi connectivity index (χ1n) is 4.85. The minimum Gasteiger partial charge on any atom is -0.394 e. The Labute approximate surface area is 96.3 Å². The van der Waals surface area contributed by atoms with E-state index in [1.165, 1.54) is 13.8 Å². The first kappa shape index (κ1) is 13.5. The Morgan fingerprint density at radius 2 is 1.76 bits per heavy atom. The van der Waals surface area contributed by atoms with Crippen molar-refractivity contribution in [2.45, 2.75) is 19.4 Å². The Hall–Kier alpha value is -1.56. The summed E-state index contributed by atoms with van der Waals surface area (Å²) < 4.78 is 38.7. The molecule has 0 aliphatic rings. The Balaban J connectivity index is 3.01. The van der Waals surface area contributed by atoms with E-state index in [1.54, 1.807) is 0 Å². The molecule has 2 N–H and O–H groups in total. The van der Waals surface area contributed by atoms with Gasteiger partial charge in [0.2, 0.25) is 0 Å². The summed E-state index contributed by atoms with van der Waals surface area (Å²) in [5.74, 6) is -4.74. The molecule has 0 saturated heterocycles. The van der Waals surface area contributed by atoms with Gasteiger partial charge < -0.3 is 10.4 Å². The van der Waals surface area contributed by atoms with Gasteiger partial charge >= 0.3 is 0 Å². The molecule has 0 aliphatic heterocycles. The zero-order valence-corrected chi connectivity index (χ0v) is 9.35. The molecule has 0 fully saturated rings. The van der Waals surface area contributed by atoms with Crippen LogP contribution in [0.1, 0.15) is 24.2 Å². The lowest BCUT2D eigenvalue weighted by Crippen LogP contribution is -2.46. The number of rotatable bonds is 3. The molecule has 94 valence electrons. The molecular weight excluding hydrogens is 235 g/mol. The molecule has 0 spiro atoms. The van der Waals surface area contributed by atoms with Crippen LogP contribution >= 0.6 is 0 Å². The molecule has 0 unspecified atom stereocenters. The van der Waals surface area contributed by atoms with Crippen LogP contribution in [0, 0.1) is 17.5 Å². The summed E-state index contributed by atoms with van der Waals surface area (Å²) in [6, 6.07) is 0.781. The van der Waals surface area contributed by atoms with Crippen molar-refractivity contribution < 1.29 is 23.1 Å². The van der Waals surface area contributed by atoms with Gasteiger partial charge in [0.15, 0.2) is 11.6 Å². The standard InChI is InChI=1S/C11H12F3NO2/c1-11(2,5-16)15-10(17)6-3-8(13)9(14)4-7(6)12/h3-4,16H,5H2,1-2H3,(H,15,17). The minimum absolute atomic E-state index is 0.302. The summed E-state index contributed by atoms with van der Waals surface area (Å²) >= 11 is 0. The molecule has 1 aromatic rings. The number of nitrogens with one attached hydrogen (secondary N) is 1. The smallest absolute Gasteiger partial charge is 0.254 e. The quantitative estimate of drug-likeness (QED) is 0.797. The van der Waals surface area contributed by atoms with Gasteiger partial charge in [-0.2, -0.15) is 0 Å². The van der Waals surface area contributed by atoms with Gasteiger partial charge in [0.25, 0.3) is 5.91 Å². The average Bonchev–Trinajstić information content (AvgIpc) is 2.22. The highest BCUT2D eigenvalue weighted by atomic mass is 19.2. The molecule has 1 rings (SSSR count). The van der Waals surface area contributed by atoms with E-state index >= 15 is 0 Å². The molecule has 0 radical (unpaired) electrons. The van der Waals surface area contributed by atoms with Crippen LogP contribution in [0.15, 0.2) is 12.1 Å². The second kappa shape index (κ2) is 4.75. The number of aliphatic hydroxyl groups is 1. The van der Waals surface area contributed by atoms with E-state index in [4.69, 9.17) is 5.11 Å². The van der Waals surface area contributed by atoms with Crippen molar-refractivity contribution in [2.75, 3.05) is 6.61 Å². The summed E-state index contributed by atoms with van der Waals surface area (Å²) in [6.07, 6.45) is 0. The van der Waals surface area contributed by atoms with Crippen LogP contribution in [0.4, 0.5) is 13.2 Å². The van der Waals surface area contributed by atoms with E-state index in [0.29, 0.717) is 12.1 Å². The highest BCUT2D eigenvalue weighted by Gasteiger charge is 2.23. The normalized spacial score (nSPS) is 11.4. The third-order valence-corrected chi connectivity index (χ3v) is 2.10. The lowest BCUT2D eigenvalue weighted by Gasteiger charge is -2.23. The van der Waals surface area contributed by atoms with Crippen molar-refractivity contribution in [2.24, 2.45) is 0 Å². The maximum Gasteiger partial charge on any atom is 0.254 e. The molecule has 0 bridgehead atoms.